The van der Waals surface area contributed by atoms with Gasteiger partial charge in [-0.1, -0.05) is 18.6 Å². The molecule has 1 aliphatic rings. The van der Waals surface area contributed by atoms with Crippen LogP contribution in [0.25, 0.3) is 11.0 Å². The largest absolute Gasteiger partial charge is 0.450 e. The quantitative estimate of drug-likeness (QED) is 0.688. The third-order valence-corrected chi connectivity index (χ3v) is 7.15. The van der Waals surface area contributed by atoms with Gasteiger partial charge in [0.15, 0.2) is 11.2 Å². The van der Waals surface area contributed by atoms with E-state index in [0.717, 1.165) is 30.9 Å². The van der Waals surface area contributed by atoms with Crippen LogP contribution in [0.2, 0.25) is 0 Å². The smallest absolute Gasteiger partial charge is 0.291 e. The standard InChI is InChI=1S/C22H22N2O5S/c1-15-6-5-7-18-19(25)14-20(29-21(15)18)22(26)23-16-8-10-17(11-9-16)30(27,28)24-12-3-2-4-13-24/h5-11,14H,2-4,12-13H2,1H3,(H,23,26). The first kappa shape index (κ1) is 20.3. The Morgan fingerprint density at radius 2 is 1.73 bits per heavy atom. The van der Waals surface area contributed by atoms with Gasteiger partial charge < -0.3 is 9.73 Å². The van der Waals surface area contributed by atoms with Gasteiger partial charge in [0, 0.05) is 24.8 Å². The number of benzene rings is 2. The molecule has 0 saturated carbocycles. The van der Waals surface area contributed by atoms with Gasteiger partial charge >= 0.3 is 0 Å². The number of amides is 1. The monoisotopic (exact) mass is 426 g/mol. The van der Waals surface area contributed by atoms with Crippen LogP contribution >= 0.6 is 0 Å². The van der Waals surface area contributed by atoms with Crippen LogP contribution in [0.4, 0.5) is 5.69 Å². The summed E-state index contributed by atoms with van der Waals surface area (Å²) in [6, 6.07) is 12.4. The zero-order valence-corrected chi connectivity index (χ0v) is 17.4. The highest BCUT2D eigenvalue weighted by atomic mass is 32.2. The van der Waals surface area contributed by atoms with Crippen molar-refractivity contribution in [3.05, 3.63) is 70.1 Å². The number of nitrogens with one attached hydrogen (secondary N) is 1. The van der Waals surface area contributed by atoms with Crippen molar-refractivity contribution in [2.75, 3.05) is 18.4 Å². The first-order valence-electron chi connectivity index (χ1n) is 9.81. The lowest BCUT2D eigenvalue weighted by Gasteiger charge is -2.25. The van der Waals surface area contributed by atoms with Crippen molar-refractivity contribution >= 4 is 32.6 Å². The van der Waals surface area contributed by atoms with E-state index < -0.39 is 15.9 Å². The Labute approximate surface area is 174 Å². The van der Waals surface area contributed by atoms with E-state index in [0.29, 0.717) is 29.7 Å². The van der Waals surface area contributed by atoms with Gasteiger partial charge in [-0.25, -0.2) is 8.42 Å². The Balaban J connectivity index is 1.55. The van der Waals surface area contributed by atoms with Crippen LogP contribution < -0.4 is 10.7 Å². The SMILES string of the molecule is Cc1cccc2c(=O)cc(C(=O)Nc3ccc(S(=O)(=O)N4CCCCC4)cc3)oc12. The summed E-state index contributed by atoms with van der Waals surface area (Å²) in [7, 11) is -3.53. The number of sulfonamides is 1. The number of rotatable bonds is 4. The van der Waals surface area contributed by atoms with Gasteiger partial charge in [-0.3, -0.25) is 9.59 Å². The van der Waals surface area contributed by atoms with E-state index in [9.17, 15) is 18.0 Å². The number of carbonyl (C=O) groups excluding carboxylic acids is 1. The zero-order chi connectivity index (χ0) is 21.3. The third-order valence-electron chi connectivity index (χ3n) is 5.24. The van der Waals surface area contributed by atoms with Crippen molar-refractivity contribution in [3.63, 3.8) is 0 Å². The lowest BCUT2D eigenvalue weighted by atomic mass is 10.1. The Morgan fingerprint density at radius 1 is 1.03 bits per heavy atom. The second-order valence-corrected chi connectivity index (χ2v) is 9.31. The summed E-state index contributed by atoms with van der Waals surface area (Å²) in [6.45, 7) is 2.86. The predicted octanol–water partition coefficient (Wildman–Crippen LogP) is 3.53. The fourth-order valence-electron chi connectivity index (χ4n) is 3.59. The molecule has 2 aromatic carbocycles. The summed E-state index contributed by atoms with van der Waals surface area (Å²) < 4.78 is 32.6. The highest BCUT2D eigenvalue weighted by Crippen LogP contribution is 2.23. The summed E-state index contributed by atoms with van der Waals surface area (Å²) in [5.41, 5.74) is 1.24. The first-order valence-corrected chi connectivity index (χ1v) is 11.3. The number of hydrogen-bond donors (Lipinski definition) is 1. The van der Waals surface area contributed by atoms with Gasteiger partial charge in [-0.2, -0.15) is 4.31 Å². The molecule has 0 spiro atoms. The van der Waals surface area contributed by atoms with Crippen molar-refractivity contribution in [3.8, 4) is 0 Å². The summed E-state index contributed by atoms with van der Waals surface area (Å²) >= 11 is 0. The van der Waals surface area contributed by atoms with Crippen LogP contribution in [-0.4, -0.2) is 31.7 Å². The fraction of sp³-hybridized carbons (Fsp3) is 0.273. The van der Waals surface area contributed by atoms with Crippen LogP contribution in [-0.2, 0) is 10.0 Å². The normalized spacial score (nSPS) is 15.2. The fourth-order valence-corrected chi connectivity index (χ4v) is 5.10. The van der Waals surface area contributed by atoms with Crippen molar-refractivity contribution in [2.24, 2.45) is 0 Å². The van der Waals surface area contributed by atoms with E-state index in [4.69, 9.17) is 4.42 Å². The van der Waals surface area contributed by atoms with E-state index in [1.165, 1.54) is 28.6 Å². The Kier molecular flexibility index (Phi) is 5.44. The number of fused-ring (bicyclic) bond motifs is 1. The third kappa shape index (κ3) is 3.88. The molecule has 1 aliphatic heterocycles. The molecular formula is C22H22N2O5S. The van der Waals surface area contributed by atoms with Crippen LogP contribution in [0.3, 0.4) is 0 Å². The molecule has 0 atom stereocenters. The maximum Gasteiger partial charge on any atom is 0.291 e. The van der Waals surface area contributed by atoms with Gasteiger partial charge in [0.05, 0.1) is 10.3 Å². The molecule has 7 nitrogen and oxygen atoms in total. The number of anilines is 1. The Hall–Kier alpha value is -2.97. The Bertz CT molecular complexity index is 1260. The molecule has 1 fully saturated rings. The van der Waals surface area contributed by atoms with E-state index >= 15 is 0 Å². The van der Waals surface area contributed by atoms with E-state index in [1.807, 2.05) is 0 Å². The number of aryl methyl sites for hydroxylation is 1. The molecule has 3 aromatic rings. The molecule has 1 saturated heterocycles. The van der Waals surface area contributed by atoms with E-state index in [-0.39, 0.29) is 16.1 Å². The second-order valence-electron chi connectivity index (χ2n) is 7.37. The second kappa shape index (κ2) is 8.04. The van der Waals surface area contributed by atoms with Gasteiger partial charge in [-0.15, -0.1) is 0 Å². The summed E-state index contributed by atoms with van der Waals surface area (Å²) in [5, 5.41) is 3.06. The topological polar surface area (TPSA) is 96.7 Å². The van der Waals surface area contributed by atoms with E-state index in [2.05, 4.69) is 5.32 Å². The first-order chi connectivity index (χ1) is 14.4. The molecule has 1 amide bonds. The Morgan fingerprint density at radius 3 is 2.43 bits per heavy atom. The maximum atomic E-state index is 12.7. The van der Waals surface area contributed by atoms with Gasteiger partial charge in [0.2, 0.25) is 10.0 Å². The van der Waals surface area contributed by atoms with Gasteiger partial charge in [0.1, 0.15) is 5.58 Å². The molecule has 0 aliphatic carbocycles. The molecule has 0 unspecified atom stereocenters. The minimum Gasteiger partial charge on any atom is -0.450 e. The van der Waals surface area contributed by atoms with Crippen LogP contribution in [0, 0.1) is 6.92 Å². The minimum atomic E-state index is -3.53. The molecular weight excluding hydrogens is 404 g/mol. The molecule has 8 heteroatoms. The summed E-state index contributed by atoms with van der Waals surface area (Å²) in [6.07, 6.45) is 2.77. The highest BCUT2D eigenvalue weighted by Gasteiger charge is 2.25. The summed E-state index contributed by atoms with van der Waals surface area (Å²) in [4.78, 5) is 25.1. The van der Waals surface area contributed by atoms with Gasteiger partial charge in [0.25, 0.3) is 5.91 Å². The van der Waals surface area contributed by atoms with Crippen molar-refractivity contribution in [1.82, 2.24) is 4.31 Å². The molecule has 2 heterocycles. The van der Waals surface area contributed by atoms with E-state index in [1.54, 1.807) is 25.1 Å². The number of nitrogens with zero attached hydrogens (tertiary/aromatic N) is 1. The van der Waals surface area contributed by atoms with Crippen LogP contribution in [0.1, 0.15) is 35.4 Å². The zero-order valence-electron chi connectivity index (χ0n) is 16.6. The summed E-state index contributed by atoms with van der Waals surface area (Å²) in [5.74, 6) is -0.685. The number of hydrogen-bond acceptors (Lipinski definition) is 5. The molecule has 1 N–H and O–H groups in total. The average Bonchev–Trinajstić information content (AvgIpc) is 2.75. The molecule has 0 bridgehead atoms. The molecule has 156 valence electrons. The number of carbonyl (C=O) groups is 1. The molecule has 1 aromatic heterocycles. The molecule has 4 rings (SSSR count). The van der Waals surface area contributed by atoms with Crippen molar-refractivity contribution in [2.45, 2.75) is 31.1 Å². The number of piperidine rings is 1. The van der Waals surface area contributed by atoms with Crippen molar-refractivity contribution < 1.29 is 17.6 Å². The lowest BCUT2D eigenvalue weighted by Crippen LogP contribution is -2.35. The molecule has 30 heavy (non-hydrogen) atoms. The highest BCUT2D eigenvalue weighted by molar-refractivity contribution is 7.89. The number of para-hydroxylation sites is 1. The van der Waals surface area contributed by atoms with Crippen molar-refractivity contribution in [1.29, 1.82) is 0 Å². The average molecular weight is 426 g/mol. The van der Waals surface area contributed by atoms with Crippen LogP contribution in [0.15, 0.2) is 62.6 Å². The lowest BCUT2D eigenvalue weighted by molar-refractivity contribution is 0.0997. The predicted molar refractivity (Wildman–Crippen MR) is 114 cm³/mol. The van der Waals surface area contributed by atoms with Gasteiger partial charge in [-0.05, 0) is 55.7 Å². The maximum absolute atomic E-state index is 12.7. The molecule has 0 radical (unpaired) electrons. The van der Waals surface area contributed by atoms with Crippen LogP contribution in [0.5, 0.6) is 0 Å². The minimum absolute atomic E-state index is 0.105.